The first kappa shape index (κ1) is 24.0. The molecule has 9 heteroatoms. The molecular weight excluding hydrogens is 430 g/mol. The summed E-state index contributed by atoms with van der Waals surface area (Å²) in [6, 6.07) is 12.7. The van der Waals surface area contributed by atoms with Gasteiger partial charge < -0.3 is 20.1 Å². The molecule has 0 bridgehead atoms. The van der Waals surface area contributed by atoms with Gasteiger partial charge >= 0.3 is 0 Å². The largest absolute Gasteiger partial charge is 0.488 e. The number of sulfonamides is 1. The summed E-state index contributed by atoms with van der Waals surface area (Å²) in [7, 11) is -1.92. The molecule has 0 aromatic heterocycles. The molecule has 174 valence electrons. The van der Waals surface area contributed by atoms with Gasteiger partial charge in [-0.15, -0.1) is 0 Å². The Morgan fingerprint density at radius 1 is 1.22 bits per heavy atom. The number of rotatable bonds is 7. The number of ether oxygens (including phenoxy) is 1. The van der Waals surface area contributed by atoms with Crippen LogP contribution < -0.4 is 14.8 Å². The number of hydrogen-bond acceptors (Lipinski definition) is 6. The van der Waals surface area contributed by atoms with Crippen LogP contribution in [-0.2, 0) is 21.2 Å². The molecule has 3 rings (SSSR count). The Labute approximate surface area is 189 Å². The highest BCUT2D eigenvalue weighted by atomic mass is 32.2. The van der Waals surface area contributed by atoms with Gasteiger partial charge in [-0.1, -0.05) is 25.1 Å². The molecule has 3 atom stereocenters. The number of fused-ring (bicyclic) bond motifs is 1. The van der Waals surface area contributed by atoms with Crippen molar-refractivity contribution in [2.24, 2.45) is 5.92 Å². The van der Waals surface area contributed by atoms with Crippen molar-refractivity contribution in [1.29, 1.82) is 0 Å². The second kappa shape index (κ2) is 10.3. The second-order valence-electron chi connectivity index (χ2n) is 8.19. The Morgan fingerprint density at radius 3 is 2.59 bits per heavy atom. The first-order chi connectivity index (χ1) is 15.2. The smallest absolute Gasteiger partial charge is 0.261 e. The predicted octanol–water partition coefficient (Wildman–Crippen LogP) is 1.86. The summed E-state index contributed by atoms with van der Waals surface area (Å²) in [5.41, 5.74) is 0.942. The standard InChI is InChI=1S/C23H31N3O5S/c1-16-14-26(17(2)15-27)23(28)12-18-11-19(9-10-21(18)31-22(16)13-24-3)25-32(29,30)20-7-5-4-6-8-20/h4-11,16-17,22,24-25,27H,12-15H2,1-3H3/t16-,17-,22+/m0/s1. The van der Waals surface area contributed by atoms with Crippen molar-refractivity contribution < 1.29 is 23.1 Å². The molecule has 2 aromatic carbocycles. The van der Waals surface area contributed by atoms with Crippen molar-refractivity contribution in [3.05, 3.63) is 54.1 Å². The highest BCUT2D eigenvalue weighted by Gasteiger charge is 2.30. The fourth-order valence-corrected chi connectivity index (χ4v) is 4.82. The van der Waals surface area contributed by atoms with Crippen LogP contribution in [0, 0.1) is 5.92 Å². The van der Waals surface area contributed by atoms with Crippen molar-refractivity contribution in [1.82, 2.24) is 10.2 Å². The van der Waals surface area contributed by atoms with Gasteiger partial charge in [0.1, 0.15) is 11.9 Å². The molecule has 0 unspecified atom stereocenters. The van der Waals surface area contributed by atoms with Crippen LogP contribution >= 0.6 is 0 Å². The van der Waals surface area contributed by atoms with Gasteiger partial charge in [0.05, 0.1) is 24.0 Å². The van der Waals surface area contributed by atoms with Crippen LogP contribution in [0.1, 0.15) is 19.4 Å². The Morgan fingerprint density at radius 2 is 1.94 bits per heavy atom. The molecule has 1 amide bonds. The number of nitrogens with zero attached hydrogens (tertiary/aromatic N) is 1. The summed E-state index contributed by atoms with van der Waals surface area (Å²) in [5.74, 6) is 0.422. The monoisotopic (exact) mass is 461 g/mol. The average Bonchev–Trinajstić information content (AvgIpc) is 2.82. The molecular formula is C23H31N3O5S. The van der Waals surface area contributed by atoms with E-state index in [1.807, 2.05) is 20.9 Å². The van der Waals surface area contributed by atoms with Gasteiger partial charge in [0, 0.05) is 30.3 Å². The van der Waals surface area contributed by atoms with Crippen molar-refractivity contribution >= 4 is 21.6 Å². The summed E-state index contributed by atoms with van der Waals surface area (Å²) in [6.45, 7) is 4.72. The quantitative estimate of drug-likeness (QED) is 0.581. The topological polar surface area (TPSA) is 108 Å². The third-order valence-electron chi connectivity index (χ3n) is 5.63. The van der Waals surface area contributed by atoms with Crippen LogP contribution in [0.3, 0.4) is 0 Å². The number of amides is 1. The number of aliphatic hydroxyl groups excluding tert-OH is 1. The van der Waals surface area contributed by atoms with Crippen LogP contribution in [0.25, 0.3) is 0 Å². The lowest BCUT2D eigenvalue weighted by molar-refractivity contribution is -0.134. The van der Waals surface area contributed by atoms with Crippen LogP contribution in [0.2, 0.25) is 0 Å². The van der Waals surface area contributed by atoms with E-state index in [-0.39, 0.29) is 41.9 Å². The van der Waals surface area contributed by atoms with Crippen LogP contribution in [-0.4, -0.2) is 63.2 Å². The Hall–Kier alpha value is -2.62. The highest BCUT2D eigenvalue weighted by Crippen LogP contribution is 2.29. The molecule has 1 aliphatic rings. The van der Waals surface area contributed by atoms with Crippen molar-refractivity contribution in [2.75, 3.05) is 31.5 Å². The van der Waals surface area contributed by atoms with E-state index in [1.165, 1.54) is 12.1 Å². The van der Waals surface area contributed by atoms with Crippen LogP contribution in [0.15, 0.2) is 53.4 Å². The third kappa shape index (κ3) is 5.59. The number of carbonyl (C=O) groups is 1. The van der Waals surface area contributed by atoms with E-state index < -0.39 is 10.0 Å². The summed E-state index contributed by atoms with van der Waals surface area (Å²) in [4.78, 5) is 14.9. The maximum absolute atomic E-state index is 13.1. The minimum absolute atomic E-state index is 0.0163. The molecule has 0 fully saturated rings. The zero-order valence-electron chi connectivity index (χ0n) is 18.6. The second-order valence-corrected chi connectivity index (χ2v) is 9.87. The number of benzene rings is 2. The van der Waals surface area contributed by atoms with E-state index in [2.05, 4.69) is 10.0 Å². The minimum Gasteiger partial charge on any atom is -0.488 e. The van der Waals surface area contributed by atoms with E-state index in [1.54, 1.807) is 41.3 Å². The van der Waals surface area contributed by atoms with E-state index in [0.717, 1.165) is 0 Å². The molecule has 0 radical (unpaired) electrons. The zero-order valence-corrected chi connectivity index (χ0v) is 19.4. The number of anilines is 1. The number of likely N-dealkylation sites (N-methyl/N-ethyl adjacent to an activating group) is 1. The zero-order chi connectivity index (χ0) is 23.3. The first-order valence-corrected chi connectivity index (χ1v) is 12.2. The molecule has 2 aromatic rings. The normalized spacial score (nSPS) is 20.4. The van der Waals surface area contributed by atoms with Gasteiger partial charge in [0.15, 0.2) is 0 Å². The number of aliphatic hydroxyl groups is 1. The van der Waals surface area contributed by atoms with Crippen molar-refractivity contribution in [3.63, 3.8) is 0 Å². The highest BCUT2D eigenvalue weighted by molar-refractivity contribution is 7.92. The van der Waals surface area contributed by atoms with E-state index in [4.69, 9.17) is 4.74 Å². The molecule has 0 aliphatic carbocycles. The Kier molecular flexibility index (Phi) is 7.76. The molecule has 8 nitrogen and oxygen atoms in total. The van der Waals surface area contributed by atoms with Gasteiger partial charge in [-0.05, 0) is 44.3 Å². The van der Waals surface area contributed by atoms with Gasteiger partial charge in [0.2, 0.25) is 5.91 Å². The first-order valence-electron chi connectivity index (χ1n) is 10.7. The van der Waals surface area contributed by atoms with E-state index >= 15 is 0 Å². The number of hydrogen-bond donors (Lipinski definition) is 3. The average molecular weight is 462 g/mol. The minimum atomic E-state index is -3.76. The Balaban J connectivity index is 1.96. The summed E-state index contributed by atoms with van der Waals surface area (Å²) in [5, 5.41) is 12.8. The molecule has 3 N–H and O–H groups in total. The maximum Gasteiger partial charge on any atom is 0.261 e. The van der Waals surface area contributed by atoms with Crippen molar-refractivity contribution in [2.45, 2.75) is 37.3 Å². The lowest BCUT2D eigenvalue weighted by atomic mass is 10.0. The molecule has 0 spiro atoms. The summed E-state index contributed by atoms with van der Waals surface area (Å²) in [6.07, 6.45) is -0.163. The van der Waals surface area contributed by atoms with Crippen LogP contribution in [0.4, 0.5) is 5.69 Å². The molecule has 1 aliphatic heterocycles. The summed E-state index contributed by atoms with van der Waals surface area (Å²) < 4.78 is 34.3. The maximum atomic E-state index is 13.1. The molecule has 0 saturated heterocycles. The van der Waals surface area contributed by atoms with Gasteiger partial charge in [-0.25, -0.2) is 8.42 Å². The predicted molar refractivity (Wildman–Crippen MR) is 123 cm³/mol. The lowest BCUT2D eigenvalue weighted by Gasteiger charge is -2.32. The molecule has 32 heavy (non-hydrogen) atoms. The molecule has 1 heterocycles. The number of nitrogens with one attached hydrogen (secondary N) is 2. The van der Waals surface area contributed by atoms with Gasteiger partial charge in [-0.2, -0.15) is 0 Å². The van der Waals surface area contributed by atoms with Crippen LogP contribution in [0.5, 0.6) is 5.75 Å². The number of carbonyl (C=O) groups excluding carboxylic acids is 1. The van der Waals surface area contributed by atoms with Crippen molar-refractivity contribution in [3.8, 4) is 5.75 Å². The third-order valence-corrected chi connectivity index (χ3v) is 7.02. The van der Waals surface area contributed by atoms with E-state index in [0.29, 0.717) is 30.1 Å². The summed E-state index contributed by atoms with van der Waals surface area (Å²) >= 11 is 0. The SMILES string of the molecule is CNC[C@H]1Oc2ccc(NS(=O)(=O)c3ccccc3)cc2CC(=O)N([C@@H](C)CO)C[C@@H]1C. The van der Waals surface area contributed by atoms with Gasteiger partial charge in [-0.3, -0.25) is 9.52 Å². The lowest BCUT2D eigenvalue weighted by Crippen LogP contribution is -2.47. The Bertz CT molecular complexity index is 1030. The fourth-order valence-electron chi connectivity index (χ4n) is 3.75. The van der Waals surface area contributed by atoms with E-state index in [9.17, 15) is 18.3 Å². The molecule has 0 saturated carbocycles. The van der Waals surface area contributed by atoms with Gasteiger partial charge in [0.25, 0.3) is 10.0 Å². The fraction of sp³-hybridized carbons (Fsp3) is 0.435.